The Morgan fingerprint density at radius 3 is 2.44 bits per heavy atom. The van der Waals surface area contributed by atoms with Gasteiger partial charge in [-0.05, 0) is 12.8 Å². The van der Waals surface area contributed by atoms with E-state index in [9.17, 15) is 13.2 Å². The van der Waals surface area contributed by atoms with Gasteiger partial charge in [-0.3, -0.25) is 9.98 Å². The van der Waals surface area contributed by atoms with Crippen LogP contribution in [0, 0.1) is 0 Å². The smallest absolute Gasteiger partial charge is 0.275 e. The summed E-state index contributed by atoms with van der Waals surface area (Å²) in [5, 5.41) is 0.189. The van der Waals surface area contributed by atoms with Crippen LogP contribution in [0.15, 0.2) is 17.4 Å². The molecule has 1 aromatic rings. The second-order valence-corrected chi connectivity index (χ2v) is 3.94. The van der Waals surface area contributed by atoms with E-state index < -0.39 is 11.7 Å². The van der Waals surface area contributed by atoms with Gasteiger partial charge in [0.05, 0.1) is 18.1 Å². The third-order valence-electron chi connectivity index (χ3n) is 2.34. The summed E-state index contributed by atoms with van der Waals surface area (Å²) in [4.78, 5) is 11.0. The van der Waals surface area contributed by atoms with Crippen LogP contribution >= 0.6 is 11.6 Å². The lowest BCUT2D eigenvalue weighted by molar-refractivity contribution is -0.155. The van der Waals surface area contributed by atoms with Gasteiger partial charge in [0, 0.05) is 6.21 Å². The number of halogens is 4. The predicted octanol–water partition coefficient (Wildman–Crippen LogP) is 2.64. The molecule has 16 heavy (non-hydrogen) atoms. The maximum atomic E-state index is 12.5. The van der Waals surface area contributed by atoms with Crippen molar-refractivity contribution in [3.05, 3.63) is 23.2 Å². The molecule has 0 saturated heterocycles. The molecular formula is C9H7ClF3N3. The monoisotopic (exact) mass is 249 g/mol. The second kappa shape index (κ2) is 3.69. The summed E-state index contributed by atoms with van der Waals surface area (Å²) in [5.41, 5.74) is -1.63. The van der Waals surface area contributed by atoms with Gasteiger partial charge < -0.3 is 0 Å². The molecule has 1 saturated carbocycles. The number of hydrogen-bond acceptors (Lipinski definition) is 3. The minimum atomic E-state index is -4.29. The molecule has 86 valence electrons. The quantitative estimate of drug-likeness (QED) is 0.756. The Morgan fingerprint density at radius 2 is 2.00 bits per heavy atom. The molecule has 0 radical (unpaired) electrons. The van der Waals surface area contributed by atoms with Crippen LogP contribution < -0.4 is 0 Å². The van der Waals surface area contributed by atoms with Crippen LogP contribution in [0.3, 0.4) is 0 Å². The zero-order valence-corrected chi connectivity index (χ0v) is 8.76. The first-order valence-corrected chi connectivity index (χ1v) is 4.90. The minimum Gasteiger partial charge on any atom is -0.275 e. The molecule has 0 bridgehead atoms. The van der Waals surface area contributed by atoms with Gasteiger partial charge in [0.15, 0.2) is 5.54 Å². The van der Waals surface area contributed by atoms with E-state index in [1.54, 1.807) is 0 Å². The molecule has 0 N–H and O–H groups in total. The average molecular weight is 250 g/mol. The SMILES string of the molecule is FC(F)(F)C1(/N=C/c2cnc(Cl)cn2)CC1. The van der Waals surface area contributed by atoms with Crippen molar-refractivity contribution in [2.24, 2.45) is 4.99 Å². The van der Waals surface area contributed by atoms with Crippen LogP contribution in [0.4, 0.5) is 13.2 Å². The molecule has 0 spiro atoms. The van der Waals surface area contributed by atoms with Crippen molar-refractivity contribution in [3.8, 4) is 0 Å². The van der Waals surface area contributed by atoms with Gasteiger partial charge in [0.2, 0.25) is 0 Å². The summed E-state index contributed by atoms with van der Waals surface area (Å²) in [5.74, 6) is 0. The Bertz CT molecular complexity index is 409. The highest BCUT2D eigenvalue weighted by Gasteiger charge is 2.63. The van der Waals surface area contributed by atoms with Crippen LogP contribution in [-0.4, -0.2) is 27.9 Å². The molecule has 7 heteroatoms. The Balaban J connectivity index is 2.13. The highest BCUT2D eigenvalue weighted by Crippen LogP contribution is 2.52. The summed E-state index contributed by atoms with van der Waals surface area (Å²) in [6, 6.07) is 0. The molecule has 1 aliphatic rings. The summed E-state index contributed by atoms with van der Waals surface area (Å²) in [6.45, 7) is 0. The van der Waals surface area contributed by atoms with Gasteiger partial charge in [-0.15, -0.1) is 0 Å². The second-order valence-electron chi connectivity index (χ2n) is 3.55. The van der Waals surface area contributed by atoms with Crippen LogP contribution in [0.5, 0.6) is 0 Å². The molecule has 1 heterocycles. The third-order valence-corrected chi connectivity index (χ3v) is 2.53. The van der Waals surface area contributed by atoms with E-state index in [2.05, 4.69) is 15.0 Å². The number of aliphatic imine (C=N–C) groups is 1. The van der Waals surface area contributed by atoms with E-state index in [0.717, 1.165) is 6.21 Å². The summed E-state index contributed by atoms with van der Waals surface area (Å²) in [6.07, 6.45) is -0.594. The fourth-order valence-electron chi connectivity index (χ4n) is 1.18. The van der Waals surface area contributed by atoms with Gasteiger partial charge in [-0.2, -0.15) is 13.2 Å². The Morgan fingerprint density at radius 1 is 1.31 bits per heavy atom. The van der Waals surface area contributed by atoms with Crippen molar-refractivity contribution in [1.82, 2.24) is 9.97 Å². The zero-order valence-electron chi connectivity index (χ0n) is 8.00. The van der Waals surface area contributed by atoms with E-state index in [1.807, 2.05) is 0 Å². The number of hydrogen-bond donors (Lipinski definition) is 0. The van der Waals surface area contributed by atoms with Crippen molar-refractivity contribution in [2.45, 2.75) is 24.6 Å². The zero-order chi connectivity index (χ0) is 11.8. The summed E-state index contributed by atoms with van der Waals surface area (Å²) < 4.78 is 37.5. The maximum absolute atomic E-state index is 12.5. The van der Waals surface area contributed by atoms with E-state index in [0.29, 0.717) is 0 Å². The number of alkyl halides is 3. The molecule has 0 amide bonds. The van der Waals surface area contributed by atoms with Gasteiger partial charge in [0.1, 0.15) is 5.15 Å². The minimum absolute atomic E-state index is 0.0357. The molecule has 1 aliphatic carbocycles. The normalized spacial score (nSPS) is 19.0. The lowest BCUT2D eigenvalue weighted by atomic mass is 10.3. The first-order chi connectivity index (χ1) is 7.43. The maximum Gasteiger partial charge on any atom is 0.413 e. The summed E-state index contributed by atoms with van der Waals surface area (Å²) in [7, 11) is 0. The highest BCUT2D eigenvalue weighted by molar-refractivity contribution is 6.29. The molecule has 1 fully saturated rings. The van der Waals surface area contributed by atoms with E-state index in [-0.39, 0.29) is 23.7 Å². The molecule has 2 rings (SSSR count). The molecular weight excluding hydrogens is 243 g/mol. The molecule has 0 aromatic carbocycles. The topological polar surface area (TPSA) is 38.1 Å². The largest absolute Gasteiger partial charge is 0.413 e. The molecule has 1 aromatic heterocycles. The van der Waals surface area contributed by atoms with Crippen molar-refractivity contribution >= 4 is 17.8 Å². The third kappa shape index (κ3) is 2.16. The van der Waals surface area contributed by atoms with Gasteiger partial charge in [-0.1, -0.05) is 11.6 Å². The number of aromatic nitrogens is 2. The van der Waals surface area contributed by atoms with E-state index in [1.165, 1.54) is 12.4 Å². The molecule has 3 nitrogen and oxygen atoms in total. The van der Waals surface area contributed by atoms with Crippen molar-refractivity contribution < 1.29 is 13.2 Å². The van der Waals surface area contributed by atoms with Gasteiger partial charge in [-0.25, -0.2) is 4.98 Å². The Kier molecular flexibility index (Phi) is 2.61. The number of nitrogens with zero attached hydrogens (tertiary/aromatic N) is 3. The van der Waals surface area contributed by atoms with Crippen LogP contribution in [-0.2, 0) is 0 Å². The van der Waals surface area contributed by atoms with E-state index in [4.69, 9.17) is 11.6 Å². The van der Waals surface area contributed by atoms with Gasteiger partial charge in [0.25, 0.3) is 0 Å². The highest BCUT2D eigenvalue weighted by atomic mass is 35.5. The first-order valence-electron chi connectivity index (χ1n) is 4.52. The van der Waals surface area contributed by atoms with Crippen LogP contribution in [0.25, 0.3) is 0 Å². The fourth-order valence-corrected chi connectivity index (χ4v) is 1.28. The first kappa shape index (κ1) is 11.3. The van der Waals surface area contributed by atoms with E-state index >= 15 is 0 Å². The Labute approximate surface area is 94.4 Å². The molecule has 0 unspecified atom stereocenters. The molecule has 0 aliphatic heterocycles. The predicted molar refractivity (Wildman–Crippen MR) is 52.7 cm³/mol. The van der Waals surface area contributed by atoms with Crippen molar-refractivity contribution in [2.75, 3.05) is 0 Å². The van der Waals surface area contributed by atoms with Crippen LogP contribution in [0.2, 0.25) is 5.15 Å². The lowest BCUT2D eigenvalue weighted by Gasteiger charge is -2.13. The van der Waals surface area contributed by atoms with Crippen molar-refractivity contribution in [3.63, 3.8) is 0 Å². The summed E-state index contributed by atoms with van der Waals surface area (Å²) >= 11 is 5.49. The molecule has 0 atom stereocenters. The lowest BCUT2D eigenvalue weighted by Crippen LogP contribution is -2.29. The van der Waals surface area contributed by atoms with Crippen molar-refractivity contribution in [1.29, 1.82) is 0 Å². The van der Waals surface area contributed by atoms with Gasteiger partial charge >= 0.3 is 6.18 Å². The van der Waals surface area contributed by atoms with Crippen LogP contribution in [0.1, 0.15) is 18.5 Å². The number of rotatable bonds is 2. The standard InChI is InChI=1S/C9H7ClF3N3/c10-7-5-14-6(3-15-7)4-16-8(1-2-8)9(11,12)13/h3-5H,1-2H2/b16-4+. The Hall–Kier alpha value is -1.17. The average Bonchev–Trinajstić information content (AvgIpc) is 2.97. The fraction of sp³-hybridized carbons (Fsp3) is 0.444.